The fourth-order valence-corrected chi connectivity index (χ4v) is 5.24. The Labute approximate surface area is 229 Å². The van der Waals surface area contributed by atoms with Crippen molar-refractivity contribution in [1.29, 1.82) is 0 Å². The van der Waals surface area contributed by atoms with E-state index in [0.717, 1.165) is 67.0 Å². The Bertz CT molecular complexity index is 1380. The van der Waals surface area contributed by atoms with E-state index >= 15 is 0 Å². The molecule has 1 amide bonds. The van der Waals surface area contributed by atoms with E-state index in [1.165, 1.54) is 3.57 Å². The molecule has 1 atom stereocenters. The molecule has 1 aliphatic rings. The average Bonchev–Trinajstić information content (AvgIpc) is 3.47. The average molecular weight is 618 g/mol. The van der Waals surface area contributed by atoms with Gasteiger partial charge in [-0.3, -0.25) is 14.4 Å². The quantitative estimate of drug-likeness (QED) is 0.293. The van der Waals surface area contributed by atoms with Gasteiger partial charge in [-0.2, -0.15) is 5.10 Å². The van der Waals surface area contributed by atoms with Crippen LogP contribution in [-0.2, 0) is 18.3 Å². The van der Waals surface area contributed by atoms with Crippen molar-refractivity contribution in [2.24, 2.45) is 7.05 Å². The minimum Gasteiger partial charge on any atom is -0.379 e. The second-order valence-corrected chi connectivity index (χ2v) is 10.8. The Morgan fingerprint density at radius 3 is 2.67 bits per heavy atom. The first kappa shape index (κ1) is 25.3. The van der Waals surface area contributed by atoms with Crippen molar-refractivity contribution in [1.82, 2.24) is 24.6 Å². The van der Waals surface area contributed by atoms with Gasteiger partial charge < -0.3 is 14.6 Å². The number of halogens is 2. The third-order valence-electron chi connectivity index (χ3n) is 6.77. The van der Waals surface area contributed by atoms with Crippen LogP contribution < -0.4 is 5.32 Å². The van der Waals surface area contributed by atoms with Crippen LogP contribution in [0.15, 0.2) is 54.9 Å². The first-order chi connectivity index (χ1) is 17.4. The number of morpholine rings is 1. The number of ether oxygens (including phenoxy) is 1. The summed E-state index contributed by atoms with van der Waals surface area (Å²) >= 11 is 8.97. The zero-order chi connectivity index (χ0) is 25.2. The molecule has 4 aromatic rings. The molecular formula is C27H29ClIN5O2. The smallest absolute Gasteiger partial charge is 0.268 e. The van der Waals surface area contributed by atoms with Crippen LogP contribution in [-0.4, -0.2) is 58.0 Å². The number of benzene rings is 2. The van der Waals surface area contributed by atoms with Crippen molar-refractivity contribution in [3.05, 3.63) is 74.7 Å². The van der Waals surface area contributed by atoms with Gasteiger partial charge in [-0.15, -0.1) is 0 Å². The summed E-state index contributed by atoms with van der Waals surface area (Å²) < 4.78 is 10.5. The molecule has 1 aliphatic heterocycles. The molecule has 188 valence electrons. The lowest BCUT2D eigenvalue weighted by molar-refractivity contribution is 0.0360. The van der Waals surface area contributed by atoms with E-state index in [2.05, 4.69) is 37.9 Å². The van der Waals surface area contributed by atoms with Crippen LogP contribution in [0.1, 0.15) is 29.0 Å². The molecule has 1 saturated heterocycles. The zero-order valence-electron chi connectivity index (χ0n) is 20.4. The summed E-state index contributed by atoms with van der Waals surface area (Å²) in [4.78, 5) is 15.5. The molecule has 9 heteroatoms. The molecule has 0 aliphatic carbocycles. The van der Waals surface area contributed by atoms with Crippen LogP contribution in [0.2, 0.25) is 5.02 Å². The van der Waals surface area contributed by atoms with Gasteiger partial charge in [0.2, 0.25) is 0 Å². The molecule has 0 bridgehead atoms. The van der Waals surface area contributed by atoms with Crippen LogP contribution in [0.5, 0.6) is 0 Å². The van der Waals surface area contributed by atoms with Crippen LogP contribution in [0.4, 0.5) is 0 Å². The van der Waals surface area contributed by atoms with Gasteiger partial charge >= 0.3 is 0 Å². The fourth-order valence-electron chi connectivity index (χ4n) is 4.60. The molecule has 7 nitrogen and oxygen atoms in total. The highest BCUT2D eigenvalue weighted by atomic mass is 127. The lowest BCUT2D eigenvalue weighted by Crippen LogP contribution is -2.38. The number of hydrogen-bond donors (Lipinski definition) is 1. The number of amides is 1. The third kappa shape index (κ3) is 5.46. The number of nitrogens with one attached hydrogen (secondary N) is 1. The standard InChI is InChI=1S/C27H29ClIN5O2/c1-18(19-3-5-22(29)6-4-19)31-27(35)26-14-20-13-24(28)23(15-25(20)32(26)2)21-16-30-34(17-21)8-7-33-9-11-36-12-10-33/h3-6,13-18H,7-12H2,1-2H3,(H,31,35)/t18-/m1/s1. The topological polar surface area (TPSA) is 64.3 Å². The molecule has 2 aromatic carbocycles. The normalized spacial score (nSPS) is 15.3. The van der Waals surface area contributed by atoms with E-state index in [9.17, 15) is 4.79 Å². The van der Waals surface area contributed by atoms with Gasteiger partial charge in [0.05, 0.1) is 32.0 Å². The molecule has 1 N–H and O–H groups in total. The van der Waals surface area contributed by atoms with Gasteiger partial charge in [0.25, 0.3) is 5.91 Å². The number of carbonyl (C=O) groups excluding carboxylic acids is 1. The van der Waals surface area contributed by atoms with Crippen LogP contribution in [0.25, 0.3) is 22.0 Å². The third-order valence-corrected chi connectivity index (χ3v) is 7.81. The van der Waals surface area contributed by atoms with Crippen molar-refractivity contribution in [2.45, 2.75) is 19.5 Å². The van der Waals surface area contributed by atoms with Crippen molar-refractivity contribution >= 4 is 51.0 Å². The molecule has 2 aromatic heterocycles. The maximum atomic E-state index is 13.1. The second-order valence-electron chi connectivity index (χ2n) is 9.17. The van der Waals surface area contributed by atoms with Gasteiger partial charge in [0, 0.05) is 63.5 Å². The van der Waals surface area contributed by atoms with E-state index in [4.69, 9.17) is 16.3 Å². The Hall–Kier alpha value is -2.40. The molecule has 36 heavy (non-hydrogen) atoms. The summed E-state index contributed by atoms with van der Waals surface area (Å²) in [5.74, 6) is -0.117. The number of hydrogen-bond acceptors (Lipinski definition) is 4. The molecule has 3 heterocycles. The van der Waals surface area contributed by atoms with E-state index in [1.54, 1.807) is 0 Å². The van der Waals surface area contributed by atoms with E-state index in [-0.39, 0.29) is 11.9 Å². The van der Waals surface area contributed by atoms with Gasteiger partial charge in [-0.05, 0) is 65.4 Å². The molecule has 0 unspecified atom stereocenters. The summed E-state index contributed by atoms with van der Waals surface area (Å²) in [5, 5.41) is 9.24. The maximum absolute atomic E-state index is 13.1. The first-order valence-electron chi connectivity index (χ1n) is 12.1. The lowest BCUT2D eigenvalue weighted by atomic mass is 10.1. The number of rotatable bonds is 7. The lowest BCUT2D eigenvalue weighted by Gasteiger charge is -2.26. The van der Waals surface area contributed by atoms with Gasteiger partial charge in [-0.1, -0.05) is 23.7 Å². The zero-order valence-corrected chi connectivity index (χ0v) is 23.3. The summed E-state index contributed by atoms with van der Waals surface area (Å²) in [6, 6.07) is 13.9. The molecule has 1 fully saturated rings. The predicted molar refractivity (Wildman–Crippen MR) is 151 cm³/mol. The fraction of sp³-hybridized carbons (Fsp3) is 0.333. The number of aryl methyl sites for hydroxylation is 1. The molecule has 0 spiro atoms. The molecule has 5 rings (SSSR count). The minimum absolute atomic E-state index is 0.102. The Morgan fingerprint density at radius 1 is 1.17 bits per heavy atom. The highest BCUT2D eigenvalue weighted by Gasteiger charge is 2.19. The Balaban J connectivity index is 1.34. The number of nitrogens with zero attached hydrogens (tertiary/aromatic N) is 4. The Kier molecular flexibility index (Phi) is 7.66. The number of aromatic nitrogens is 3. The van der Waals surface area contributed by atoms with Gasteiger partial charge in [0.15, 0.2) is 0 Å². The van der Waals surface area contributed by atoms with Crippen LogP contribution >= 0.6 is 34.2 Å². The largest absolute Gasteiger partial charge is 0.379 e. The summed E-state index contributed by atoms with van der Waals surface area (Å²) in [6.45, 7) is 7.26. The summed E-state index contributed by atoms with van der Waals surface area (Å²) in [6.07, 6.45) is 3.89. The number of carbonyl (C=O) groups is 1. The van der Waals surface area contributed by atoms with Crippen molar-refractivity contribution in [2.75, 3.05) is 32.8 Å². The highest BCUT2D eigenvalue weighted by molar-refractivity contribution is 14.1. The minimum atomic E-state index is -0.117. The SMILES string of the molecule is C[C@@H](NC(=O)c1cc2cc(Cl)c(-c3cnn(CCN4CCOCC4)c3)cc2n1C)c1ccc(I)cc1. The first-order valence-corrected chi connectivity index (χ1v) is 13.5. The molecule has 0 saturated carbocycles. The summed E-state index contributed by atoms with van der Waals surface area (Å²) in [5.41, 5.74) is 4.48. The van der Waals surface area contributed by atoms with E-state index in [0.29, 0.717) is 10.7 Å². The maximum Gasteiger partial charge on any atom is 0.268 e. The number of fused-ring (bicyclic) bond motifs is 1. The van der Waals surface area contributed by atoms with Crippen molar-refractivity contribution in [3.8, 4) is 11.1 Å². The van der Waals surface area contributed by atoms with E-state index < -0.39 is 0 Å². The van der Waals surface area contributed by atoms with Crippen molar-refractivity contribution in [3.63, 3.8) is 0 Å². The predicted octanol–water partition coefficient (Wildman–Crippen LogP) is 5.12. The second kappa shape index (κ2) is 10.9. The Morgan fingerprint density at radius 2 is 1.92 bits per heavy atom. The monoisotopic (exact) mass is 617 g/mol. The van der Waals surface area contributed by atoms with Crippen LogP contribution in [0.3, 0.4) is 0 Å². The highest BCUT2D eigenvalue weighted by Crippen LogP contribution is 2.33. The molecule has 0 radical (unpaired) electrons. The van der Waals surface area contributed by atoms with Gasteiger partial charge in [-0.25, -0.2) is 0 Å². The summed E-state index contributed by atoms with van der Waals surface area (Å²) in [7, 11) is 1.91. The van der Waals surface area contributed by atoms with E-state index in [1.807, 2.05) is 78.1 Å². The van der Waals surface area contributed by atoms with Gasteiger partial charge in [0.1, 0.15) is 5.69 Å². The van der Waals surface area contributed by atoms with Crippen molar-refractivity contribution < 1.29 is 9.53 Å². The molecular weight excluding hydrogens is 589 g/mol. The van der Waals surface area contributed by atoms with Crippen LogP contribution in [0, 0.1) is 3.57 Å².